The molecule has 0 spiro atoms. The van der Waals surface area contributed by atoms with Crippen LogP contribution >= 0.6 is 0 Å². The van der Waals surface area contributed by atoms with Crippen molar-refractivity contribution in [3.05, 3.63) is 108 Å². The molecule has 0 atom stereocenters. The Hall–Kier alpha value is -5.31. The van der Waals surface area contributed by atoms with E-state index in [1.165, 1.54) is 18.2 Å². The number of anilines is 6. The van der Waals surface area contributed by atoms with Gasteiger partial charge in [-0.3, -0.25) is 14.4 Å². The van der Waals surface area contributed by atoms with E-state index in [-0.39, 0.29) is 16.7 Å². The topological polar surface area (TPSA) is 165 Å². The normalized spacial score (nSPS) is 10.3. The molecule has 0 fully saturated rings. The fourth-order valence-corrected chi connectivity index (χ4v) is 3.44. The van der Waals surface area contributed by atoms with Crippen LogP contribution in [0.25, 0.3) is 0 Å². The number of carbonyl (C=O) groups is 3. The van der Waals surface area contributed by atoms with E-state index in [0.29, 0.717) is 34.1 Å². The first-order valence-corrected chi connectivity index (χ1v) is 10.9. The fourth-order valence-electron chi connectivity index (χ4n) is 3.44. The Morgan fingerprint density at radius 2 is 0.694 bits per heavy atom. The maximum Gasteiger partial charge on any atom is 0.255 e. The molecule has 0 aliphatic rings. The summed E-state index contributed by atoms with van der Waals surface area (Å²) in [5.41, 5.74) is 20.4. The number of nitrogen functional groups attached to an aromatic ring is 3. The maximum atomic E-state index is 13.1. The minimum Gasteiger partial charge on any atom is -0.397 e. The standard InChI is InChI=1S/C27H24N6O3/c28-19-7-1-4-10-22(19)31-25(34)16-13-17(26(35)32-23-11-5-2-8-20(23)29)15-18(14-16)27(36)33-24-12-6-3-9-21(24)30/h1-15H,28-30H2,(H,31,34)(H,32,35)(H,33,36). The zero-order valence-corrected chi connectivity index (χ0v) is 19.1. The molecule has 0 saturated heterocycles. The number of amides is 3. The van der Waals surface area contributed by atoms with Gasteiger partial charge in [-0.1, -0.05) is 36.4 Å². The monoisotopic (exact) mass is 480 g/mol. The molecular weight excluding hydrogens is 456 g/mol. The van der Waals surface area contributed by atoms with Gasteiger partial charge in [0.05, 0.1) is 34.1 Å². The number of nitrogens with two attached hydrogens (primary N) is 3. The van der Waals surface area contributed by atoms with Gasteiger partial charge in [0.15, 0.2) is 0 Å². The van der Waals surface area contributed by atoms with E-state index in [9.17, 15) is 14.4 Å². The minimum absolute atomic E-state index is 0.0816. The Balaban J connectivity index is 1.69. The van der Waals surface area contributed by atoms with E-state index in [0.717, 1.165) is 0 Å². The van der Waals surface area contributed by atoms with Crippen LogP contribution in [-0.2, 0) is 0 Å². The van der Waals surface area contributed by atoms with Crippen LogP contribution in [-0.4, -0.2) is 17.7 Å². The van der Waals surface area contributed by atoms with Crippen LogP contribution in [0.4, 0.5) is 34.1 Å². The largest absolute Gasteiger partial charge is 0.397 e. The molecule has 0 heterocycles. The SMILES string of the molecule is Nc1ccccc1NC(=O)c1cc(C(=O)Nc2ccccc2N)cc(C(=O)Nc2ccccc2N)c1. The number of benzene rings is 4. The number of para-hydroxylation sites is 6. The van der Waals surface area contributed by atoms with Gasteiger partial charge in [-0.2, -0.15) is 0 Å². The van der Waals surface area contributed by atoms with Gasteiger partial charge in [-0.25, -0.2) is 0 Å². The molecule has 0 aromatic heterocycles. The van der Waals surface area contributed by atoms with Gasteiger partial charge < -0.3 is 33.2 Å². The molecule has 9 nitrogen and oxygen atoms in total. The van der Waals surface area contributed by atoms with Gasteiger partial charge in [0, 0.05) is 16.7 Å². The van der Waals surface area contributed by atoms with Crippen molar-refractivity contribution in [2.75, 3.05) is 33.2 Å². The van der Waals surface area contributed by atoms with E-state index in [1.54, 1.807) is 72.8 Å². The van der Waals surface area contributed by atoms with Crippen LogP contribution < -0.4 is 33.2 Å². The highest BCUT2D eigenvalue weighted by molar-refractivity contribution is 6.14. The molecule has 36 heavy (non-hydrogen) atoms. The van der Waals surface area contributed by atoms with Crippen molar-refractivity contribution in [2.24, 2.45) is 0 Å². The minimum atomic E-state index is -0.546. The summed E-state index contributed by atoms with van der Waals surface area (Å²) in [6, 6.07) is 24.4. The summed E-state index contributed by atoms with van der Waals surface area (Å²) in [5.74, 6) is -1.64. The molecule has 0 aliphatic carbocycles. The first kappa shape index (κ1) is 23.8. The van der Waals surface area contributed by atoms with E-state index >= 15 is 0 Å². The third-order valence-corrected chi connectivity index (χ3v) is 5.35. The van der Waals surface area contributed by atoms with E-state index in [1.807, 2.05) is 0 Å². The van der Waals surface area contributed by atoms with Crippen molar-refractivity contribution in [3.8, 4) is 0 Å². The molecular formula is C27H24N6O3. The number of rotatable bonds is 6. The van der Waals surface area contributed by atoms with Crippen molar-refractivity contribution >= 4 is 51.8 Å². The number of hydrogen-bond donors (Lipinski definition) is 6. The molecule has 0 saturated carbocycles. The molecule has 4 aromatic carbocycles. The predicted molar refractivity (Wildman–Crippen MR) is 143 cm³/mol. The molecule has 180 valence electrons. The van der Waals surface area contributed by atoms with E-state index in [2.05, 4.69) is 16.0 Å². The molecule has 4 aromatic rings. The summed E-state index contributed by atoms with van der Waals surface area (Å²) >= 11 is 0. The second-order valence-electron chi connectivity index (χ2n) is 7.92. The fraction of sp³-hybridized carbons (Fsp3) is 0. The summed E-state index contributed by atoms with van der Waals surface area (Å²) < 4.78 is 0. The Labute approximate surface area is 207 Å². The lowest BCUT2D eigenvalue weighted by molar-refractivity contribution is 0.102. The lowest BCUT2D eigenvalue weighted by atomic mass is 10.0. The van der Waals surface area contributed by atoms with Gasteiger partial charge in [0.25, 0.3) is 17.7 Å². The maximum absolute atomic E-state index is 13.1. The molecule has 0 unspecified atom stereocenters. The van der Waals surface area contributed by atoms with Crippen LogP contribution in [0.5, 0.6) is 0 Å². The van der Waals surface area contributed by atoms with Crippen molar-refractivity contribution < 1.29 is 14.4 Å². The first-order valence-electron chi connectivity index (χ1n) is 10.9. The zero-order valence-electron chi connectivity index (χ0n) is 19.1. The van der Waals surface area contributed by atoms with E-state index in [4.69, 9.17) is 17.2 Å². The number of nitrogens with one attached hydrogen (secondary N) is 3. The number of hydrogen-bond acceptors (Lipinski definition) is 6. The highest BCUT2D eigenvalue weighted by Crippen LogP contribution is 2.23. The van der Waals surface area contributed by atoms with Crippen LogP contribution in [0.1, 0.15) is 31.1 Å². The van der Waals surface area contributed by atoms with Crippen LogP contribution in [0.15, 0.2) is 91.0 Å². The van der Waals surface area contributed by atoms with Crippen LogP contribution in [0.3, 0.4) is 0 Å². The van der Waals surface area contributed by atoms with Gasteiger partial charge in [-0.15, -0.1) is 0 Å². The van der Waals surface area contributed by atoms with Gasteiger partial charge >= 0.3 is 0 Å². The molecule has 0 radical (unpaired) electrons. The van der Waals surface area contributed by atoms with Crippen LogP contribution in [0.2, 0.25) is 0 Å². The van der Waals surface area contributed by atoms with Crippen LogP contribution in [0, 0.1) is 0 Å². The van der Waals surface area contributed by atoms with Gasteiger partial charge in [0.2, 0.25) is 0 Å². The summed E-state index contributed by atoms with van der Waals surface area (Å²) in [4.78, 5) is 39.2. The molecule has 0 aliphatic heterocycles. The smallest absolute Gasteiger partial charge is 0.255 e. The highest BCUT2D eigenvalue weighted by Gasteiger charge is 2.18. The molecule has 4 rings (SSSR count). The lowest BCUT2D eigenvalue weighted by Gasteiger charge is -2.13. The number of carbonyl (C=O) groups excluding carboxylic acids is 3. The summed E-state index contributed by atoms with van der Waals surface area (Å²) in [5, 5.41) is 8.13. The second-order valence-corrected chi connectivity index (χ2v) is 7.92. The molecule has 9 N–H and O–H groups in total. The molecule has 3 amide bonds. The Morgan fingerprint density at radius 3 is 0.944 bits per heavy atom. The summed E-state index contributed by atoms with van der Waals surface area (Å²) in [6.07, 6.45) is 0. The Bertz CT molecular complexity index is 1280. The second kappa shape index (κ2) is 10.3. The summed E-state index contributed by atoms with van der Waals surface area (Å²) in [7, 11) is 0. The Morgan fingerprint density at radius 1 is 0.444 bits per heavy atom. The molecule has 0 bridgehead atoms. The van der Waals surface area contributed by atoms with Gasteiger partial charge in [-0.05, 0) is 54.6 Å². The average Bonchev–Trinajstić information content (AvgIpc) is 2.87. The average molecular weight is 481 g/mol. The van der Waals surface area contributed by atoms with E-state index < -0.39 is 17.7 Å². The third-order valence-electron chi connectivity index (χ3n) is 5.35. The van der Waals surface area contributed by atoms with Crippen molar-refractivity contribution in [1.29, 1.82) is 0 Å². The highest BCUT2D eigenvalue weighted by atomic mass is 16.2. The summed E-state index contributed by atoms with van der Waals surface area (Å²) in [6.45, 7) is 0. The lowest BCUT2D eigenvalue weighted by Crippen LogP contribution is -2.20. The zero-order chi connectivity index (χ0) is 25.7. The van der Waals surface area contributed by atoms with Gasteiger partial charge in [0.1, 0.15) is 0 Å². The third kappa shape index (κ3) is 5.42. The van der Waals surface area contributed by atoms with Crippen molar-refractivity contribution in [3.63, 3.8) is 0 Å². The Kier molecular flexibility index (Phi) is 6.83. The van der Waals surface area contributed by atoms with Crippen molar-refractivity contribution in [2.45, 2.75) is 0 Å². The van der Waals surface area contributed by atoms with Crippen molar-refractivity contribution in [1.82, 2.24) is 0 Å². The molecule has 9 heteroatoms. The quantitative estimate of drug-likeness (QED) is 0.226. The predicted octanol–water partition coefficient (Wildman–Crippen LogP) is 4.19. The first-order chi connectivity index (χ1) is 17.3.